The molecule has 0 aliphatic rings. The van der Waals surface area contributed by atoms with Crippen molar-refractivity contribution < 1.29 is 36.5 Å². The van der Waals surface area contributed by atoms with E-state index in [1.54, 1.807) is 34.6 Å². The highest BCUT2D eigenvalue weighted by molar-refractivity contribution is 7.73. The van der Waals surface area contributed by atoms with Gasteiger partial charge in [-0.05, 0) is 34.6 Å². The van der Waals surface area contributed by atoms with Crippen molar-refractivity contribution in [2.75, 3.05) is 31.3 Å². The lowest BCUT2D eigenvalue weighted by molar-refractivity contribution is -0.116. The Bertz CT molecular complexity index is 658. The molecule has 1 rings (SSSR count). The Hall–Kier alpha value is -1.02. The number of nitrogens with zero attached hydrogens (tertiary/aromatic N) is 2. The summed E-state index contributed by atoms with van der Waals surface area (Å²) in [6.45, 7) is 9.23. The first kappa shape index (κ1) is 24.0. The van der Waals surface area contributed by atoms with Gasteiger partial charge in [0.1, 0.15) is 5.76 Å². The molecule has 0 fully saturated rings. The maximum atomic E-state index is 13.6. The highest BCUT2D eigenvalue weighted by atomic mass is 31.2. The number of aromatic nitrogens is 1. The van der Waals surface area contributed by atoms with Crippen LogP contribution in [-0.4, -0.2) is 43.0 Å². The molecule has 10 nitrogen and oxygen atoms in total. The largest absolute Gasteiger partial charge is 0.365 e. The normalized spacial score (nSPS) is 12.6. The predicted molar refractivity (Wildman–Crippen MR) is 99.9 cm³/mol. The van der Waals surface area contributed by atoms with Crippen molar-refractivity contribution in [3.05, 3.63) is 11.8 Å². The monoisotopic (exact) mass is 426 g/mol. The second-order valence-corrected chi connectivity index (χ2v) is 9.86. The lowest BCUT2D eigenvalue weighted by Crippen LogP contribution is -2.41. The topological polar surface area (TPSA) is 117 Å². The Morgan fingerprint density at radius 3 is 1.70 bits per heavy atom. The molecule has 0 bridgehead atoms. The Labute approximate surface area is 159 Å². The summed E-state index contributed by atoms with van der Waals surface area (Å²) in [7, 11) is -8.33. The fourth-order valence-corrected chi connectivity index (χ4v) is 7.86. The van der Waals surface area contributed by atoms with Crippen LogP contribution in [0.1, 0.15) is 40.4 Å². The molecule has 27 heavy (non-hydrogen) atoms. The molecular weight excluding hydrogens is 398 g/mol. The summed E-state index contributed by atoms with van der Waals surface area (Å²) in [6, 6.07) is 1.44. The average Bonchev–Trinajstić information content (AvgIpc) is 2.98. The number of hydrogen-bond acceptors (Lipinski definition) is 9. The van der Waals surface area contributed by atoms with Crippen LogP contribution >= 0.6 is 15.2 Å². The zero-order valence-corrected chi connectivity index (χ0v) is 18.3. The van der Waals surface area contributed by atoms with E-state index in [-0.39, 0.29) is 32.2 Å². The summed E-state index contributed by atoms with van der Waals surface area (Å²) in [5.41, 5.74) is -1.67. The molecule has 12 heteroatoms. The lowest BCUT2D eigenvalue weighted by atomic mass is 10.4. The van der Waals surface area contributed by atoms with Crippen LogP contribution in [0.25, 0.3) is 0 Å². The number of amides is 1. The van der Waals surface area contributed by atoms with Gasteiger partial charge in [-0.1, -0.05) is 5.16 Å². The third-order valence-electron chi connectivity index (χ3n) is 3.23. The number of rotatable bonds is 12. The van der Waals surface area contributed by atoms with Crippen LogP contribution in [0.15, 0.2) is 10.6 Å². The van der Waals surface area contributed by atoms with E-state index in [9.17, 15) is 13.9 Å². The molecule has 0 atom stereocenters. The minimum Gasteiger partial charge on any atom is -0.360 e. The van der Waals surface area contributed by atoms with Crippen molar-refractivity contribution in [3.63, 3.8) is 0 Å². The van der Waals surface area contributed by atoms with Gasteiger partial charge in [0.2, 0.25) is 11.4 Å². The average molecular weight is 426 g/mol. The van der Waals surface area contributed by atoms with Crippen molar-refractivity contribution >= 4 is 26.9 Å². The summed E-state index contributed by atoms with van der Waals surface area (Å²) in [5.74, 6) is -0.197. The van der Waals surface area contributed by atoms with Gasteiger partial charge in [0.25, 0.3) is 0 Å². The molecular formula is C15H28N2O8P2. The quantitative estimate of drug-likeness (QED) is 0.454. The van der Waals surface area contributed by atoms with Gasteiger partial charge in [-0.25, -0.2) is 0 Å². The lowest BCUT2D eigenvalue weighted by Gasteiger charge is -2.36. The Morgan fingerprint density at radius 2 is 1.44 bits per heavy atom. The summed E-state index contributed by atoms with van der Waals surface area (Å²) < 4.78 is 53.8. The number of aryl methyl sites for hydroxylation is 1. The number of anilines is 1. The first-order chi connectivity index (χ1) is 12.7. The molecule has 0 spiro atoms. The van der Waals surface area contributed by atoms with Gasteiger partial charge in [0.15, 0.2) is 5.82 Å². The zero-order valence-electron chi connectivity index (χ0n) is 16.5. The molecule has 0 N–H and O–H groups in total. The number of carbonyl (C=O) groups is 1. The molecule has 0 aliphatic heterocycles. The molecule has 1 aromatic rings. The van der Waals surface area contributed by atoms with E-state index < -0.39 is 26.6 Å². The van der Waals surface area contributed by atoms with Crippen LogP contribution in [0.5, 0.6) is 0 Å². The van der Waals surface area contributed by atoms with Crippen molar-refractivity contribution in [1.82, 2.24) is 5.16 Å². The van der Waals surface area contributed by atoms with Gasteiger partial charge in [-0.15, -0.1) is 0 Å². The molecule has 0 unspecified atom stereocenters. The molecule has 156 valence electrons. The maximum Gasteiger partial charge on any atom is 0.365 e. The van der Waals surface area contributed by atoms with E-state index in [1.165, 1.54) is 13.0 Å². The molecule has 1 aromatic heterocycles. The van der Waals surface area contributed by atoms with Gasteiger partial charge < -0.3 is 22.6 Å². The van der Waals surface area contributed by atoms with E-state index in [1.807, 2.05) is 0 Å². The van der Waals surface area contributed by atoms with Crippen LogP contribution in [0, 0.1) is 6.92 Å². The van der Waals surface area contributed by atoms with Gasteiger partial charge in [-0.3, -0.25) is 18.8 Å². The molecule has 0 saturated carbocycles. The van der Waals surface area contributed by atoms with E-state index >= 15 is 0 Å². The van der Waals surface area contributed by atoms with Gasteiger partial charge >= 0.3 is 15.2 Å². The first-order valence-electron chi connectivity index (χ1n) is 8.69. The molecule has 1 amide bonds. The van der Waals surface area contributed by atoms with Gasteiger partial charge in [0, 0.05) is 13.0 Å². The van der Waals surface area contributed by atoms with E-state index in [0.717, 1.165) is 4.90 Å². The van der Waals surface area contributed by atoms with E-state index in [4.69, 9.17) is 22.6 Å². The highest BCUT2D eigenvalue weighted by Crippen LogP contribution is 2.71. The summed E-state index contributed by atoms with van der Waals surface area (Å²) in [6.07, 6.45) is 0. The Kier molecular flexibility index (Phi) is 9.34. The minimum atomic E-state index is -4.17. The smallest absolute Gasteiger partial charge is 0.360 e. The van der Waals surface area contributed by atoms with Crippen molar-refractivity contribution in [1.29, 1.82) is 0 Å². The first-order valence-corrected chi connectivity index (χ1v) is 11.9. The van der Waals surface area contributed by atoms with Crippen LogP contribution in [0.3, 0.4) is 0 Å². The number of carbonyl (C=O) groups excluding carboxylic acids is 1. The highest BCUT2D eigenvalue weighted by Gasteiger charge is 2.56. The van der Waals surface area contributed by atoms with Gasteiger partial charge in [0.05, 0.1) is 26.4 Å². The Balaban J connectivity index is 3.70. The van der Waals surface area contributed by atoms with Crippen LogP contribution in [-0.2, 0) is 32.0 Å². The zero-order chi connectivity index (χ0) is 20.7. The summed E-state index contributed by atoms with van der Waals surface area (Å²) >= 11 is 0. The van der Waals surface area contributed by atoms with E-state index in [2.05, 4.69) is 5.16 Å². The van der Waals surface area contributed by atoms with E-state index in [0.29, 0.717) is 5.76 Å². The fraction of sp³-hybridized carbons (Fsp3) is 0.733. The Morgan fingerprint density at radius 1 is 1.04 bits per heavy atom. The standard InChI is InChI=1S/C15H28N2O8P2/c1-7-21-26(19,22-8-2)15(27(20,23-9-3)24-10-4)17(13(6)18)14-11-12(5)25-16-14/h11,15H,7-10H2,1-6H3. The second-order valence-electron chi connectivity index (χ2n) is 5.28. The van der Waals surface area contributed by atoms with Crippen molar-refractivity contribution in [3.8, 4) is 0 Å². The minimum absolute atomic E-state index is 0.00395. The maximum absolute atomic E-state index is 13.6. The van der Waals surface area contributed by atoms with Crippen LogP contribution < -0.4 is 4.90 Å². The number of hydrogen-bond donors (Lipinski definition) is 0. The summed E-state index contributed by atoms with van der Waals surface area (Å²) in [4.78, 5) is 13.4. The molecule has 0 aromatic carbocycles. The third-order valence-corrected chi connectivity index (χ3v) is 9.00. The van der Waals surface area contributed by atoms with Crippen LogP contribution in [0.4, 0.5) is 5.82 Å². The fourth-order valence-electron chi connectivity index (χ4n) is 2.43. The second kappa shape index (κ2) is 10.5. The molecule has 0 aliphatic carbocycles. The van der Waals surface area contributed by atoms with Crippen molar-refractivity contribution in [2.45, 2.75) is 47.1 Å². The molecule has 0 saturated heterocycles. The SMILES string of the molecule is CCOP(=O)(OCC)C(N(C(C)=O)c1cc(C)on1)P(=O)(OCC)OCC. The third kappa shape index (κ3) is 5.73. The molecule has 1 heterocycles. The summed E-state index contributed by atoms with van der Waals surface area (Å²) in [5, 5.41) is 3.79. The van der Waals surface area contributed by atoms with Crippen molar-refractivity contribution in [2.24, 2.45) is 0 Å². The van der Waals surface area contributed by atoms with Gasteiger partial charge in [-0.2, -0.15) is 0 Å². The van der Waals surface area contributed by atoms with Crippen LogP contribution in [0.2, 0.25) is 0 Å². The molecule has 0 radical (unpaired) electrons. The predicted octanol–water partition coefficient (Wildman–Crippen LogP) is 4.15.